The third-order valence-corrected chi connectivity index (χ3v) is 4.62. The van der Waals surface area contributed by atoms with Crippen LogP contribution in [-0.2, 0) is 16.2 Å². The molecule has 2 amide bonds. The van der Waals surface area contributed by atoms with Gasteiger partial charge in [-0.2, -0.15) is 0 Å². The number of hydrogen-bond donors (Lipinski definition) is 2. The Morgan fingerprint density at radius 2 is 2.11 bits per heavy atom. The van der Waals surface area contributed by atoms with Crippen LogP contribution in [0.3, 0.4) is 0 Å². The summed E-state index contributed by atoms with van der Waals surface area (Å²) in [7, 11) is 0. The summed E-state index contributed by atoms with van der Waals surface area (Å²) in [5, 5.41) is 13.3. The number of benzene rings is 1. The number of hydroxylamine groups is 2. The summed E-state index contributed by atoms with van der Waals surface area (Å²) >= 11 is 6.28. The fourth-order valence-electron chi connectivity index (χ4n) is 2.67. The highest BCUT2D eigenvalue weighted by Gasteiger charge is 2.40. The number of hydrogen-bond acceptors (Lipinski definition) is 5. The molecule has 9 heteroatoms. The van der Waals surface area contributed by atoms with Crippen molar-refractivity contribution in [3.8, 4) is 0 Å². The predicted octanol–water partition coefficient (Wildman–Crippen LogP) is 2.99. The average molecular weight is 404 g/mol. The van der Waals surface area contributed by atoms with E-state index in [-0.39, 0.29) is 23.7 Å². The number of anilines is 1. The number of aromatic nitrogens is 1. The molecule has 0 saturated carbocycles. The fourth-order valence-corrected chi connectivity index (χ4v) is 2.91. The fraction of sp³-hybridized carbons (Fsp3) is 0.263. The number of carbonyl (C=O) groups is 3. The van der Waals surface area contributed by atoms with Crippen molar-refractivity contribution in [1.82, 2.24) is 10.0 Å². The highest BCUT2D eigenvalue weighted by molar-refractivity contribution is 6.31. The molecule has 0 aliphatic carbocycles. The standard InChI is InChI=1S/C19H18ClN3O5/c1-19(2)10-28-23(18(19)27)9-11-5-6-12(8-14(11)20)22-16(24)15-13(17(25)26)4-3-7-21-15/h3-8H,9-10H2,1-2H3,(H,22,24)(H,25,26). The number of halogens is 1. The van der Waals surface area contributed by atoms with Crippen molar-refractivity contribution in [3.63, 3.8) is 0 Å². The molecule has 1 saturated heterocycles. The van der Waals surface area contributed by atoms with Gasteiger partial charge in [-0.05, 0) is 43.7 Å². The molecular formula is C19H18ClN3O5. The van der Waals surface area contributed by atoms with E-state index in [2.05, 4.69) is 10.3 Å². The number of pyridine rings is 1. The molecule has 1 aliphatic rings. The lowest BCUT2D eigenvalue weighted by molar-refractivity contribution is -0.165. The van der Waals surface area contributed by atoms with Crippen LogP contribution in [-0.4, -0.2) is 39.5 Å². The lowest BCUT2D eigenvalue weighted by atomic mass is 9.95. The molecule has 0 bridgehead atoms. The van der Waals surface area contributed by atoms with E-state index in [1.54, 1.807) is 26.0 Å². The molecule has 2 aromatic rings. The third-order valence-electron chi connectivity index (χ3n) is 4.26. The Morgan fingerprint density at radius 1 is 1.36 bits per heavy atom. The molecule has 1 aromatic carbocycles. The van der Waals surface area contributed by atoms with E-state index in [1.807, 2.05) is 0 Å². The molecular weight excluding hydrogens is 386 g/mol. The number of carboxylic acids is 1. The first-order valence-electron chi connectivity index (χ1n) is 8.42. The highest BCUT2D eigenvalue weighted by Crippen LogP contribution is 2.30. The van der Waals surface area contributed by atoms with Crippen LogP contribution >= 0.6 is 11.6 Å². The van der Waals surface area contributed by atoms with Crippen molar-refractivity contribution in [2.24, 2.45) is 5.41 Å². The first-order valence-corrected chi connectivity index (χ1v) is 8.80. The minimum absolute atomic E-state index is 0.128. The maximum absolute atomic E-state index is 12.4. The van der Waals surface area contributed by atoms with Gasteiger partial charge in [-0.1, -0.05) is 17.7 Å². The molecule has 0 spiro atoms. The molecule has 0 radical (unpaired) electrons. The van der Waals surface area contributed by atoms with Crippen LogP contribution in [0.5, 0.6) is 0 Å². The summed E-state index contributed by atoms with van der Waals surface area (Å²) in [5.74, 6) is -2.04. The largest absolute Gasteiger partial charge is 0.478 e. The normalized spacial score (nSPS) is 15.5. The van der Waals surface area contributed by atoms with Gasteiger partial charge in [0.1, 0.15) is 5.69 Å². The summed E-state index contributed by atoms with van der Waals surface area (Å²) in [6.45, 7) is 4.09. The Bertz CT molecular complexity index is 960. The Kier molecular flexibility index (Phi) is 5.35. The zero-order valence-corrected chi connectivity index (χ0v) is 16.0. The van der Waals surface area contributed by atoms with Crippen LogP contribution in [0.15, 0.2) is 36.5 Å². The van der Waals surface area contributed by atoms with Crippen LogP contribution in [0, 0.1) is 5.41 Å². The van der Waals surface area contributed by atoms with E-state index in [9.17, 15) is 19.5 Å². The van der Waals surface area contributed by atoms with Gasteiger partial charge in [0.05, 0.1) is 24.1 Å². The van der Waals surface area contributed by atoms with Gasteiger partial charge in [-0.15, -0.1) is 0 Å². The number of rotatable bonds is 5. The minimum atomic E-state index is -1.25. The summed E-state index contributed by atoms with van der Waals surface area (Å²) in [6.07, 6.45) is 1.34. The third kappa shape index (κ3) is 3.97. The molecule has 1 aliphatic heterocycles. The molecule has 1 aromatic heterocycles. The smallest absolute Gasteiger partial charge is 0.338 e. The Morgan fingerprint density at radius 3 is 2.71 bits per heavy atom. The second kappa shape index (κ2) is 7.57. The summed E-state index contributed by atoms with van der Waals surface area (Å²) < 4.78 is 0. The van der Waals surface area contributed by atoms with Gasteiger partial charge in [-0.25, -0.2) is 9.86 Å². The SMILES string of the molecule is CC1(C)CON(Cc2ccc(NC(=O)c3ncccc3C(=O)O)cc2Cl)C1=O. The van der Waals surface area contributed by atoms with Crippen LogP contribution in [0.4, 0.5) is 5.69 Å². The van der Waals surface area contributed by atoms with E-state index in [0.717, 1.165) is 0 Å². The molecule has 2 heterocycles. The molecule has 0 unspecified atom stereocenters. The second-order valence-corrected chi connectivity index (χ2v) is 7.37. The first-order chi connectivity index (χ1) is 13.2. The lowest BCUT2D eigenvalue weighted by Gasteiger charge is -2.17. The van der Waals surface area contributed by atoms with Crippen LogP contribution in [0.25, 0.3) is 0 Å². The Balaban J connectivity index is 1.74. The maximum Gasteiger partial charge on any atom is 0.338 e. The summed E-state index contributed by atoms with van der Waals surface area (Å²) in [5.41, 5.74) is 0.0401. The van der Waals surface area contributed by atoms with Crippen molar-refractivity contribution >= 4 is 35.1 Å². The van der Waals surface area contributed by atoms with Crippen molar-refractivity contribution in [2.45, 2.75) is 20.4 Å². The molecule has 1 fully saturated rings. The van der Waals surface area contributed by atoms with Crippen molar-refractivity contribution in [2.75, 3.05) is 11.9 Å². The summed E-state index contributed by atoms with van der Waals surface area (Å²) in [6, 6.07) is 7.53. The molecule has 8 nitrogen and oxygen atoms in total. The van der Waals surface area contributed by atoms with Crippen LogP contribution in [0.2, 0.25) is 5.02 Å². The molecule has 3 rings (SSSR count). The van der Waals surface area contributed by atoms with Gasteiger partial charge in [0.2, 0.25) is 0 Å². The first kappa shape index (κ1) is 19.8. The van der Waals surface area contributed by atoms with Gasteiger partial charge < -0.3 is 10.4 Å². The topological polar surface area (TPSA) is 109 Å². The van der Waals surface area contributed by atoms with Crippen molar-refractivity contribution in [1.29, 1.82) is 0 Å². The van der Waals surface area contributed by atoms with E-state index in [0.29, 0.717) is 22.9 Å². The summed E-state index contributed by atoms with van der Waals surface area (Å²) in [4.78, 5) is 45.1. The van der Waals surface area contributed by atoms with Crippen molar-refractivity contribution < 1.29 is 24.3 Å². The molecule has 28 heavy (non-hydrogen) atoms. The van der Waals surface area contributed by atoms with Crippen LogP contribution < -0.4 is 5.32 Å². The number of amides is 2. The monoisotopic (exact) mass is 403 g/mol. The lowest BCUT2D eigenvalue weighted by Crippen LogP contribution is -2.30. The molecule has 2 N–H and O–H groups in total. The minimum Gasteiger partial charge on any atom is -0.478 e. The van der Waals surface area contributed by atoms with Gasteiger partial charge in [-0.3, -0.25) is 19.4 Å². The number of nitrogens with zero attached hydrogens (tertiary/aromatic N) is 2. The Hall–Kier alpha value is -2.97. The van der Waals surface area contributed by atoms with Gasteiger partial charge in [0, 0.05) is 16.9 Å². The number of carbonyl (C=O) groups excluding carboxylic acids is 2. The zero-order chi connectivity index (χ0) is 20.5. The van der Waals surface area contributed by atoms with Gasteiger partial charge in [0.25, 0.3) is 11.8 Å². The highest BCUT2D eigenvalue weighted by atomic mass is 35.5. The van der Waals surface area contributed by atoms with Crippen molar-refractivity contribution in [3.05, 3.63) is 58.4 Å². The van der Waals surface area contributed by atoms with Crippen LogP contribution in [0.1, 0.15) is 40.3 Å². The molecule has 146 valence electrons. The number of nitrogens with one attached hydrogen (secondary N) is 1. The number of aromatic carboxylic acids is 1. The zero-order valence-electron chi connectivity index (χ0n) is 15.2. The average Bonchev–Trinajstić information content (AvgIpc) is 2.90. The van der Waals surface area contributed by atoms with E-state index in [4.69, 9.17) is 16.4 Å². The second-order valence-electron chi connectivity index (χ2n) is 6.96. The predicted molar refractivity (Wildman–Crippen MR) is 101 cm³/mol. The van der Waals surface area contributed by atoms with Gasteiger partial charge >= 0.3 is 5.97 Å². The van der Waals surface area contributed by atoms with E-state index >= 15 is 0 Å². The Labute approximate surface area is 166 Å². The van der Waals surface area contributed by atoms with Gasteiger partial charge in [0.15, 0.2) is 0 Å². The number of carboxylic acid groups (broad SMARTS) is 1. The quantitative estimate of drug-likeness (QED) is 0.794. The van der Waals surface area contributed by atoms with E-state index < -0.39 is 17.3 Å². The molecule has 0 atom stereocenters. The maximum atomic E-state index is 12.4. The van der Waals surface area contributed by atoms with E-state index in [1.165, 1.54) is 29.5 Å².